The lowest BCUT2D eigenvalue weighted by Gasteiger charge is -2.51. The van der Waals surface area contributed by atoms with Gasteiger partial charge in [0.05, 0.1) is 30.4 Å². The van der Waals surface area contributed by atoms with Crippen molar-refractivity contribution in [2.75, 3.05) is 43.5 Å². The first-order chi connectivity index (χ1) is 35.0. The van der Waals surface area contributed by atoms with Crippen molar-refractivity contribution in [3.05, 3.63) is 111 Å². The average molecular weight is 1010 g/mol. The van der Waals surface area contributed by atoms with Crippen molar-refractivity contribution in [2.45, 2.75) is 120 Å². The number of halogens is 2. The fourth-order valence-electron chi connectivity index (χ4n) is 13.8. The largest absolute Gasteiger partial charge is 0.487 e. The normalized spacial score (nSPS) is 27.9. The Balaban J connectivity index is 0.779. The van der Waals surface area contributed by atoms with Crippen LogP contribution in [0, 0.1) is 34.4 Å². The zero-order chi connectivity index (χ0) is 50.8. The van der Waals surface area contributed by atoms with Crippen molar-refractivity contribution < 1.29 is 37.8 Å². The number of carbonyl (C=O) groups is 5. The van der Waals surface area contributed by atoms with Crippen LogP contribution in [-0.4, -0.2) is 101 Å². The summed E-state index contributed by atoms with van der Waals surface area (Å²) in [5, 5.41) is 9.98. The third kappa shape index (κ3) is 7.59. The van der Waals surface area contributed by atoms with Gasteiger partial charge in [0.2, 0.25) is 23.6 Å². The molecule has 12 rings (SSSR count). The van der Waals surface area contributed by atoms with Crippen LogP contribution in [-0.2, 0) is 26.3 Å². The van der Waals surface area contributed by atoms with E-state index in [9.17, 15) is 19.2 Å². The summed E-state index contributed by atoms with van der Waals surface area (Å²) in [7, 11) is 1.58. The van der Waals surface area contributed by atoms with Crippen molar-refractivity contribution in [2.24, 2.45) is 16.7 Å². The molecular weight excluding hydrogens is 949 g/mol. The first-order valence-corrected chi connectivity index (χ1v) is 26.1. The van der Waals surface area contributed by atoms with Crippen LogP contribution >= 0.6 is 11.6 Å². The molecule has 2 aliphatic carbocycles. The van der Waals surface area contributed by atoms with Gasteiger partial charge in [-0.05, 0) is 117 Å². The van der Waals surface area contributed by atoms with Crippen LogP contribution in [0.15, 0.2) is 66.9 Å². The van der Waals surface area contributed by atoms with Gasteiger partial charge in [-0.25, -0.2) is 9.37 Å². The van der Waals surface area contributed by atoms with E-state index in [1.54, 1.807) is 53.3 Å². The van der Waals surface area contributed by atoms with E-state index in [2.05, 4.69) is 41.6 Å². The summed E-state index contributed by atoms with van der Waals surface area (Å²) < 4.78 is 28.8. The Morgan fingerprint density at radius 3 is 2.53 bits per heavy atom. The van der Waals surface area contributed by atoms with Gasteiger partial charge in [0.1, 0.15) is 23.7 Å². The predicted octanol–water partition coefficient (Wildman–Crippen LogP) is 7.51. The summed E-state index contributed by atoms with van der Waals surface area (Å²) in [5.74, 6) is 5.40. The van der Waals surface area contributed by atoms with Crippen LogP contribution < -0.4 is 30.3 Å². The second kappa shape index (κ2) is 17.3. The number of hydrogen-bond acceptors (Lipinski definition) is 10. The minimum absolute atomic E-state index is 0.00561. The van der Waals surface area contributed by atoms with Gasteiger partial charge in [0.15, 0.2) is 0 Å². The molecule has 8 aliphatic rings. The van der Waals surface area contributed by atoms with Crippen molar-refractivity contribution in [1.82, 2.24) is 25.4 Å². The Kier molecular flexibility index (Phi) is 11.3. The molecule has 73 heavy (non-hydrogen) atoms. The number of amides is 5. The Bertz CT molecular complexity index is 3100. The number of piperidine rings is 2. The van der Waals surface area contributed by atoms with Gasteiger partial charge in [0.25, 0.3) is 11.8 Å². The number of benzene rings is 3. The van der Waals surface area contributed by atoms with E-state index in [-0.39, 0.29) is 64.9 Å². The van der Waals surface area contributed by atoms with Crippen LogP contribution in [0.5, 0.6) is 11.6 Å². The molecule has 16 heteroatoms. The highest BCUT2D eigenvalue weighted by Gasteiger charge is 2.69. The molecule has 1 aromatic heterocycles. The van der Waals surface area contributed by atoms with E-state index in [0.29, 0.717) is 60.1 Å². The number of methoxy groups -OCH3 is 1. The van der Waals surface area contributed by atoms with E-state index in [4.69, 9.17) is 26.1 Å². The molecule has 378 valence electrons. The number of rotatable bonds is 5. The number of pyridine rings is 1. The minimum Gasteiger partial charge on any atom is -0.487 e. The maximum Gasteiger partial charge on any atom is 0.255 e. The fraction of sp³-hybridized carbons (Fsp3) is 0.474. The topological polar surface area (TPSA) is 163 Å². The van der Waals surface area contributed by atoms with E-state index in [0.717, 1.165) is 67.3 Å². The second-order valence-electron chi connectivity index (χ2n) is 22.6. The molecule has 3 spiro atoms. The summed E-state index contributed by atoms with van der Waals surface area (Å²) in [5.41, 5.74) is 3.97. The highest BCUT2D eigenvalue weighted by molar-refractivity contribution is 6.30. The number of likely N-dealkylation sites (tertiary alicyclic amines) is 1. The standard InChI is InChI=1S/C57H59ClFN7O7/c1-32-29-65(53(71)49-47(37-9-6-10-40(58)48(37)59)57(56(63-49)19-17-54(2,3)18-20-56)31-61-41-26-46(72-4)60-28-39(41)57)42-14-12-34(25-44(42)73-32)51(69)64-23-21-55(22-24-64)27-35(55)13-11-33-7-5-8-36-38(33)30-66(52(36)70)43-15-16-45(67)62-50(43)68/h5-10,12,14,25-26,28,32,35,43,47,49,61,63H,15-24,27,29-31H2,1-4H3,(H,62,67,68)/t32-,35-,43+,47+,49-,57-/m1/s1. The molecule has 4 aromatic rings. The second-order valence-corrected chi connectivity index (χ2v) is 23.0. The molecule has 2 saturated carbocycles. The Morgan fingerprint density at radius 2 is 1.77 bits per heavy atom. The molecule has 0 unspecified atom stereocenters. The number of hydrogen-bond donors (Lipinski definition) is 3. The average Bonchev–Trinajstić information content (AvgIpc) is 3.62. The molecule has 5 amide bonds. The quantitative estimate of drug-likeness (QED) is 0.135. The fourth-order valence-corrected chi connectivity index (χ4v) is 14.0. The molecule has 3 N–H and O–H groups in total. The summed E-state index contributed by atoms with van der Waals surface area (Å²) >= 11 is 6.59. The number of anilines is 2. The van der Waals surface area contributed by atoms with E-state index in [1.165, 1.54) is 0 Å². The molecule has 0 bridgehead atoms. The molecular formula is C57H59ClFN7O7. The van der Waals surface area contributed by atoms with Crippen molar-refractivity contribution in [1.29, 1.82) is 0 Å². The van der Waals surface area contributed by atoms with Gasteiger partial charge < -0.3 is 29.5 Å². The zero-order valence-electron chi connectivity index (χ0n) is 41.5. The van der Waals surface area contributed by atoms with Gasteiger partial charge in [-0.3, -0.25) is 34.6 Å². The molecule has 3 aromatic carbocycles. The molecule has 6 aliphatic heterocycles. The van der Waals surface area contributed by atoms with Gasteiger partial charge >= 0.3 is 0 Å². The maximum absolute atomic E-state index is 16.8. The van der Waals surface area contributed by atoms with Gasteiger partial charge in [-0.2, -0.15) is 0 Å². The smallest absolute Gasteiger partial charge is 0.255 e. The molecule has 5 fully saturated rings. The molecule has 7 heterocycles. The lowest BCUT2D eigenvalue weighted by molar-refractivity contribution is -0.137. The monoisotopic (exact) mass is 1010 g/mol. The summed E-state index contributed by atoms with van der Waals surface area (Å²) in [6.45, 7) is 8.59. The van der Waals surface area contributed by atoms with E-state index >= 15 is 9.18 Å². The predicted molar refractivity (Wildman–Crippen MR) is 271 cm³/mol. The number of imide groups is 1. The Hall–Kier alpha value is -6.50. The maximum atomic E-state index is 16.8. The van der Waals surface area contributed by atoms with Crippen LogP contribution in [0.4, 0.5) is 15.8 Å². The third-order valence-corrected chi connectivity index (χ3v) is 18.3. The number of nitrogens with one attached hydrogen (secondary N) is 3. The van der Waals surface area contributed by atoms with Gasteiger partial charge in [-0.1, -0.05) is 55.5 Å². The zero-order valence-corrected chi connectivity index (χ0v) is 42.3. The molecule has 14 nitrogen and oxygen atoms in total. The first kappa shape index (κ1) is 47.5. The lowest BCUT2D eigenvalue weighted by atomic mass is 9.54. The number of ether oxygens (including phenoxy) is 2. The van der Waals surface area contributed by atoms with E-state index in [1.807, 2.05) is 42.3 Å². The molecule has 0 radical (unpaired) electrons. The third-order valence-electron chi connectivity index (χ3n) is 18.0. The number of carbonyl (C=O) groups excluding carboxylic acids is 5. The van der Waals surface area contributed by atoms with Gasteiger partial charge in [0, 0.05) is 95.6 Å². The molecule has 6 atom stereocenters. The summed E-state index contributed by atoms with van der Waals surface area (Å²) in [6.07, 6.45) is 7.81. The lowest BCUT2D eigenvalue weighted by Crippen LogP contribution is -2.60. The number of nitrogens with zero attached hydrogens (tertiary/aromatic N) is 4. The highest BCUT2D eigenvalue weighted by Crippen LogP contribution is 2.64. The molecule has 3 saturated heterocycles. The SMILES string of the molecule is COc1cc2c(cn1)[C@]1(CN2)[C@@H](c2cccc(Cl)c2F)[C@H](C(=O)N2C[C@@H](C)Oc3cc(C(=O)N4CCC5(CC4)C[C@H]5C#Cc4cccc5c4CN([C@H]4CCC(=O)NC4=O)C5=O)ccc32)NC12CCC(C)(C)CC2. The van der Waals surface area contributed by atoms with Gasteiger partial charge in [-0.15, -0.1) is 0 Å². The van der Waals surface area contributed by atoms with Crippen molar-refractivity contribution in [3.63, 3.8) is 0 Å². The van der Waals surface area contributed by atoms with Crippen molar-refractivity contribution >= 4 is 52.5 Å². The first-order valence-electron chi connectivity index (χ1n) is 25.7. The minimum atomic E-state index is -0.867. The Morgan fingerprint density at radius 1 is 0.986 bits per heavy atom. The number of aromatic nitrogens is 1. The van der Waals surface area contributed by atoms with Crippen LogP contribution in [0.25, 0.3) is 0 Å². The van der Waals surface area contributed by atoms with E-state index < -0.39 is 46.8 Å². The summed E-state index contributed by atoms with van der Waals surface area (Å²) in [6, 6.07) is 16.2. The Labute approximate surface area is 429 Å². The number of fused-ring (bicyclic) bond motifs is 5. The van der Waals surface area contributed by atoms with Crippen LogP contribution in [0.2, 0.25) is 5.02 Å². The van der Waals surface area contributed by atoms with Crippen molar-refractivity contribution in [3.8, 4) is 23.5 Å². The van der Waals surface area contributed by atoms with Crippen LogP contribution in [0.3, 0.4) is 0 Å². The highest BCUT2D eigenvalue weighted by atomic mass is 35.5. The van der Waals surface area contributed by atoms with Crippen LogP contribution in [0.1, 0.15) is 127 Å². The summed E-state index contributed by atoms with van der Waals surface area (Å²) in [4.78, 5) is 77.7.